The molecule has 0 unspecified atom stereocenters. The second-order valence-corrected chi connectivity index (χ2v) is 7.03. The fourth-order valence-corrected chi connectivity index (χ4v) is 3.34. The molecule has 2 heterocycles. The highest BCUT2D eigenvalue weighted by Gasteiger charge is 2.19. The second kappa shape index (κ2) is 7.80. The van der Waals surface area contributed by atoms with E-state index in [0.29, 0.717) is 5.95 Å². The first kappa shape index (κ1) is 18.2. The Balaban J connectivity index is 1.43. The normalized spacial score (nSPS) is 14.2. The molecule has 0 spiro atoms. The zero-order chi connectivity index (χ0) is 19.5. The van der Waals surface area contributed by atoms with E-state index >= 15 is 0 Å². The molecule has 4 rings (SSSR count). The quantitative estimate of drug-likeness (QED) is 0.747. The Kier molecular flexibility index (Phi) is 5.06. The monoisotopic (exact) mass is 378 g/mol. The minimum atomic E-state index is -0.210. The van der Waals surface area contributed by atoms with Gasteiger partial charge in [-0.15, -0.1) is 5.10 Å². The molecule has 0 atom stereocenters. The minimum Gasteiger partial charge on any atom is -0.368 e. The van der Waals surface area contributed by atoms with Gasteiger partial charge >= 0.3 is 0 Å². The summed E-state index contributed by atoms with van der Waals surface area (Å²) in [6.07, 6.45) is 1.70. The number of hydrogen-bond donors (Lipinski definition) is 1. The van der Waals surface area contributed by atoms with Crippen molar-refractivity contribution in [2.24, 2.45) is 0 Å². The van der Waals surface area contributed by atoms with E-state index in [1.165, 1.54) is 17.7 Å². The van der Waals surface area contributed by atoms with Crippen molar-refractivity contribution < 1.29 is 4.39 Å². The van der Waals surface area contributed by atoms with Crippen LogP contribution in [0, 0.1) is 19.7 Å². The zero-order valence-electron chi connectivity index (χ0n) is 16.1. The molecule has 7 heteroatoms. The first-order valence-corrected chi connectivity index (χ1v) is 9.38. The van der Waals surface area contributed by atoms with Gasteiger partial charge in [0.05, 0.1) is 6.20 Å². The molecule has 1 aliphatic heterocycles. The number of nitrogens with one attached hydrogen (secondary N) is 1. The van der Waals surface area contributed by atoms with Gasteiger partial charge < -0.3 is 15.1 Å². The van der Waals surface area contributed by atoms with E-state index < -0.39 is 0 Å². The summed E-state index contributed by atoms with van der Waals surface area (Å²) in [5, 5.41) is 11.5. The number of benzene rings is 2. The SMILES string of the molecule is Cc1ccc(C)c(Nc2nncc(N3CCN(c4ccc(F)cc4)CC3)n2)c1. The van der Waals surface area contributed by atoms with Gasteiger partial charge in [0.2, 0.25) is 5.95 Å². The Labute approximate surface area is 164 Å². The zero-order valence-corrected chi connectivity index (χ0v) is 16.1. The highest BCUT2D eigenvalue weighted by Crippen LogP contribution is 2.22. The summed E-state index contributed by atoms with van der Waals surface area (Å²) in [7, 11) is 0. The van der Waals surface area contributed by atoms with E-state index in [4.69, 9.17) is 0 Å². The average molecular weight is 378 g/mol. The van der Waals surface area contributed by atoms with Crippen LogP contribution in [0.5, 0.6) is 0 Å². The van der Waals surface area contributed by atoms with Crippen LogP contribution >= 0.6 is 0 Å². The maximum atomic E-state index is 13.1. The van der Waals surface area contributed by atoms with Gasteiger partial charge in [-0.05, 0) is 55.3 Å². The Bertz CT molecular complexity index is 951. The van der Waals surface area contributed by atoms with E-state index in [0.717, 1.165) is 48.9 Å². The lowest BCUT2D eigenvalue weighted by atomic mass is 10.1. The Hall–Kier alpha value is -3.22. The largest absolute Gasteiger partial charge is 0.368 e. The van der Waals surface area contributed by atoms with Crippen LogP contribution < -0.4 is 15.1 Å². The molecular formula is C21H23FN6. The minimum absolute atomic E-state index is 0.210. The Morgan fingerprint density at radius 1 is 0.929 bits per heavy atom. The lowest BCUT2D eigenvalue weighted by Crippen LogP contribution is -2.46. The molecule has 144 valence electrons. The topological polar surface area (TPSA) is 57.2 Å². The molecule has 1 aliphatic rings. The molecule has 6 nitrogen and oxygen atoms in total. The summed E-state index contributed by atoms with van der Waals surface area (Å²) in [6.45, 7) is 7.43. The van der Waals surface area contributed by atoms with Crippen molar-refractivity contribution in [3.8, 4) is 0 Å². The average Bonchev–Trinajstić information content (AvgIpc) is 2.72. The number of anilines is 4. The van der Waals surface area contributed by atoms with E-state index in [9.17, 15) is 4.39 Å². The molecule has 1 fully saturated rings. The third kappa shape index (κ3) is 4.03. The van der Waals surface area contributed by atoms with E-state index in [2.05, 4.69) is 55.4 Å². The van der Waals surface area contributed by atoms with Crippen molar-refractivity contribution >= 4 is 23.1 Å². The molecule has 1 aromatic heterocycles. The molecule has 0 bridgehead atoms. The highest BCUT2D eigenvalue weighted by atomic mass is 19.1. The first-order valence-electron chi connectivity index (χ1n) is 9.38. The lowest BCUT2D eigenvalue weighted by Gasteiger charge is -2.36. The molecule has 0 radical (unpaired) electrons. The van der Waals surface area contributed by atoms with E-state index in [1.54, 1.807) is 6.20 Å². The third-order valence-electron chi connectivity index (χ3n) is 4.98. The van der Waals surface area contributed by atoms with Crippen LogP contribution in [-0.4, -0.2) is 41.4 Å². The van der Waals surface area contributed by atoms with E-state index in [1.807, 2.05) is 19.1 Å². The number of aromatic nitrogens is 3. The highest BCUT2D eigenvalue weighted by molar-refractivity contribution is 5.60. The second-order valence-electron chi connectivity index (χ2n) is 7.03. The Morgan fingerprint density at radius 2 is 1.64 bits per heavy atom. The maximum Gasteiger partial charge on any atom is 0.249 e. The number of rotatable bonds is 4. The van der Waals surface area contributed by atoms with Gasteiger partial charge in [0.15, 0.2) is 5.82 Å². The van der Waals surface area contributed by atoms with Gasteiger partial charge in [0.25, 0.3) is 0 Å². The molecule has 0 saturated carbocycles. The number of nitrogens with zero attached hydrogens (tertiary/aromatic N) is 5. The van der Waals surface area contributed by atoms with Crippen molar-refractivity contribution in [2.75, 3.05) is 41.3 Å². The fraction of sp³-hybridized carbons (Fsp3) is 0.286. The van der Waals surface area contributed by atoms with Gasteiger partial charge in [-0.1, -0.05) is 12.1 Å². The maximum absolute atomic E-state index is 13.1. The third-order valence-corrected chi connectivity index (χ3v) is 4.98. The van der Waals surface area contributed by atoms with Crippen molar-refractivity contribution in [1.82, 2.24) is 15.2 Å². The predicted octanol–water partition coefficient (Wildman–Crippen LogP) is 3.70. The van der Waals surface area contributed by atoms with Crippen molar-refractivity contribution in [3.63, 3.8) is 0 Å². The molecule has 1 saturated heterocycles. The smallest absolute Gasteiger partial charge is 0.249 e. The summed E-state index contributed by atoms with van der Waals surface area (Å²) >= 11 is 0. The van der Waals surface area contributed by atoms with Crippen LogP contribution in [0.3, 0.4) is 0 Å². The first-order chi connectivity index (χ1) is 13.6. The number of hydrogen-bond acceptors (Lipinski definition) is 6. The molecule has 1 N–H and O–H groups in total. The lowest BCUT2D eigenvalue weighted by molar-refractivity contribution is 0.624. The van der Waals surface area contributed by atoms with Crippen LogP contribution in [0.4, 0.5) is 27.5 Å². The fourth-order valence-electron chi connectivity index (χ4n) is 3.34. The van der Waals surface area contributed by atoms with Crippen LogP contribution in [0.25, 0.3) is 0 Å². The standard InChI is InChI=1S/C21H23FN6/c1-15-3-4-16(2)19(13-15)24-21-25-20(14-23-26-21)28-11-9-27(10-12-28)18-7-5-17(22)6-8-18/h3-8,13-14H,9-12H2,1-2H3,(H,24,25,26). The molecule has 0 amide bonds. The summed E-state index contributed by atoms with van der Waals surface area (Å²) in [5.41, 5.74) is 4.33. The van der Waals surface area contributed by atoms with Crippen molar-refractivity contribution in [2.45, 2.75) is 13.8 Å². The molecule has 0 aliphatic carbocycles. The summed E-state index contributed by atoms with van der Waals surface area (Å²) in [6, 6.07) is 12.9. The number of halogens is 1. The predicted molar refractivity (Wildman–Crippen MR) is 110 cm³/mol. The van der Waals surface area contributed by atoms with Gasteiger partial charge in [0, 0.05) is 37.6 Å². The number of piperazine rings is 1. The van der Waals surface area contributed by atoms with Gasteiger partial charge in [0.1, 0.15) is 5.82 Å². The molecule has 3 aromatic rings. The molecule has 28 heavy (non-hydrogen) atoms. The molecule has 2 aromatic carbocycles. The Morgan fingerprint density at radius 3 is 2.39 bits per heavy atom. The summed E-state index contributed by atoms with van der Waals surface area (Å²) in [5.74, 6) is 1.09. The van der Waals surface area contributed by atoms with Gasteiger partial charge in [-0.25, -0.2) is 4.39 Å². The van der Waals surface area contributed by atoms with Gasteiger partial charge in [-0.3, -0.25) is 0 Å². The van der Waals surface area contributed by atoms with E-state index in [-0.39, 0.29) is 5.82 Å². The van der Waals surface area contributed by atoms with Crippen molar-refractivity contribution in [3.05, 3.63) is 65.6 Å². The van der Waals surface area contributed by atoms with Crippen LogP contribution in [0.15, 0.2) is 48.7 Å². The molecular weight excluding hydrogens is 355 g/mol. The van der Waals surface area contributed by atoms with Crippen LogP contribution in [0.1, 0.15) is 11.1 Å². The summed E-state index contributed by atoms with van der Waals surface area (Å²) in [4.78, 5) is 9.09. The van der Waals surface area contributed by atoms with Gasteiger partial charge in [-0.2, -0.15) is 10.1 Å². The van der Waals surface area contributed by atoms with Crippen LogP contribution in [0.2, 0.25) is 0 Å². The van der Waals surface area contributed by atoms with Crippen molar-refractivity contribution in [1.29, 1.82) is 0 Å². The van der Waals surface area contributed by atoms with Crippen LogP contribution in [-0.2, 0) is 0 Å². The summed E-state index contributed by atoms with van der Waals surface area (Å²) < 4.78 is 13.1. The number of aryl methyl sites for hydroxylation is 2.